The van der Waals surface area contributed by atoms with Gasteiger partial charge in [-0.15, -0.1) is 5.10 Å². The first kappa shape index (κ1) is 21.3. The van der Waals surface area contributed by atoms with Gasteiger partial charge in [0.25, 0.3) is 0 Å². The molecule has 3 aromatic rings. The lowest BCUT2D eigenvalue weighted by molar-refractivity contribution is -0.118. The van der Waals surface area contributed by atoms with Crippen LogP contribution in [-0.2, 0) is 10.5 Å². The highest BCUT2D eigenvalue weighted by molar-refractivity contribution is 7.98. The molecule has 2 aromatic carbocycles. The van der Waals surface area contributed by atoms with Crippen molar-refractivity contribution in [2.75, 3.05) is 5.32 Å². The molecule has 1 aliphatic heterocycles. The van der Waals surface area contributed by atoms with Gasteiger partial charge in [0.05, 0.1) is 0 Å². The summed E-state index contributed by atoms with van der Waals surface area (Å²) in [6.45, 7) is 6.36. The fraction of sp³-hybridized carbons (Fsp3) is 0.320. The molecule has 2 heterocycles. The molecule has 1 aliphatic carbocycles. The van der Waals surface area contributed by atoms with Gasteiger partial charge in [-0.05, 0) is 42.0 Å². The zero-order valence-electron chi connectivity index (χ0n) is 18.4. The third-order valence-corrected chi connectivity index (χ3v) is 7.07. The Morgan fingerprint density at radius 1 is 1.19 bits per heavy atom. The van der Waals surface area contributed by atoms with Gasteiger partial charge in [-0.2, -0.15) is 4.98 Å². The molecular weight excluding hydrogens is 440 g/mol. The summed E-state index contributed by atoms with van der Waals surface area (Å²) >= 11 is 7.91. The number of aryl methyl sites for hydroxylation is 1. The highest BCUT2D eigenvalue weighted by Crippen LogP contribution is 2.46. The van der Waals surface area contributed by atoms with Gasteiger partial charge >= 0.3 is 0 Å². The number of benzene rings is 2. The summed E-state index contributed by atoms with van der Waals surface area (Å²) in [5, 5.41) is 9.57. The third kappa shape index (κ3) is 4.09. The second-order valence-corrected chi connectivity index (χ2v) is 10.7. The summed E-state index contributed by atoms with van der Waals surface area (Å²) in [4.78, 5) is 18.0. The number of nitrogens with zero attached hydrogens (tertiary/aromatic N) is 3. The average molecular weight is 465 g/mol. The lowest BCUT2D eigenvalue weighted by Crippen LogP contribution is -2.36. The number of carbonyl (C=O) groups is 1. The van der Waals surface area contributed by atoms with E-state index >= 15 is 0 Å². The number of ketones is 1. The van der Waals surface area contributed by atoms with E-state index in [0.29, 0.717) is 22.5 Å². The van der Waals surface area contributed by atoms with E-state index in [9.17, 15) is 4.79 Å². The first-order chi connectivity index (χ1) is 15.3. The minimum absolute atomic E-state index is 0.0905. The Balaban J connectivity index is 1.53. The standard InChI is InChI=1S/C25H25ClN4OS/c1-15-6-4-7-16(10-15)14-32-24-28-23-27-19-12-25(2,3)13-20(31)21(19)22(30(23)29-24)17-8-5-9-18(26)11-17/h4-11,22H,12-14H2,1-3H3,(H,27,28,29)/t22-/m1/s1. The molecule has 0 saturated heterocycles. The summed E-state index contributed by atoms with van der Waals surface area (Å²) in [5.41, 5.74) is 5.05. The van der Waals surface area contributed by atoms with Gasteiger partial charge in [0.1, 0.15) is 6.04 Å². The van der Waals surface area contributed by atoms with Crippen LogP contribution in [-0.4, -0.2) is 20.5 Å². The lowest BCUT2D eigenvalue weighted by atomic mass is 9.73. The maximum Gasteiger partial charge on any atom is 0.227 e. The summed E-state index contributed by atoms with van der Waals surface area (Å²) in [7, 11) is 0. The molecular formula is C25H25ClN4OS. The van der Waals surface area contributed by atoms with Crippen LogP contribution >= 0.6 is 23.4 Å². The highest BCUT2D eigenvalue weighted by Gasteiger charge is 2.41. The largest absolute Gasteiger partial charge is 0.328 e. The Bertz CT molecular complexity index is 1250. The smallest absolute Gasteiger partial charge is 0.227 e. The number of aromatic nitrogens is 3. The van der Waals surface area contributed by atoms with Crippen molar-refractivity contribution in [3.63, 3.8) is 0 Å². The normalized spacial score (nSPS) is 19.4. The molecule has 1 aromatic heterocycles. The van der Waals surface area contributed by atoms with Crippen molar-refractivity contribution < 1.29 is 4.79 Å². The second kappa shape index (κ2) is 8.09. The van der Waals surface area contributed by atoms with E-state index in [1.54, 1.807) is 11.8 Å². The highest BCUT2D eigenvalue weighted by atomic mass is 35.5. The molecule has 1 N–H and O–H groups in total. The van der Waals surface area contributed by atoms with Crippen LogP contribution in [0.25, 0.3) is 0 Å². The van der Waals surface area contributed by atoms with E-state index in [4.69, 9.17) is 21.7 Å². The zero-order chi connectivity index (χ0) is 22.5. The molecule has 0 spiro atoms. The molecule has 32 heavy (non-hydrogen) atoms. The SMILES string of the molecule is Cc1cccc(CSc2nc3n(n2)[C@H](c2cccc(Cl)c2)C2=C(CC(C)(C)CC2=O)N3)c1. The molecule has 0 fully saturated rings. The molecule has 5 rings (SSSR count). The number of Topliss-reactive ketones (excluding diaryl/α,β-unsaturated/α-hetero) is 1. The van der Waals surface area contributed by atoms with Crippen molar-refractivity contribution in [3.05, 3.63) is 81.5 Å². The van der Waals surface area contributed by atoms with Crippen LogP contribution < -0.4 is 5.32 Å². The summed E-state index contributed by atoms with van der Waals surface area (Å²) < 4.78 is 1.85. The molecule has 0 unspecified atom stereocenters. The number of halogens is 1. The number of thioether (sulfide) groups is 1. The zero-order valence-corrected chi connectivity index (χ0v) is 19.9. The molecule has 1 atom stereocenters. The van der Waals surface area contributed by atoms with Crippen LogP contribution in [0.5, 0.6) is 0 Å². The Morgan fingerprint density at radius 2 is 2.00 bits per heavy atom. The third-order valence-electron chi connectivity index (χ3n) is 5.93. The van der Waals surface area contributed by atoms with Crippen molar-refractivity contribution in [1.29, 1.82) is 0 Å². The average Bonchev–Trinajstić information content (AvgIpc) is 3.12. The van der Waals surface area contributed by atoms with Gasteiger partial charge in [-0.1, -0.05) is 79.2 Å². The Hall–Kier alpha value is -2.57. The first-order valence-corrected chi connectivity index (χ1v) is 12.1. The Kier molecular flexibility index (Phi) is 5.38. The predicted octanol–water partition coefficient (Wildman–Crippen LogP) is 6.19. The summed E-state index contributed by atoms with van der Waals surface area (Å²) in [5.74, 6) is 1.61. The van der Waals surface area contributed by atoms with Gasteiger partial charge < -0.3 is 5.32 Å². The number of fused-ring (bicyclic) bond motifs is 1. The Morgan fingerprint density at radius 3 is 2.78 bits per heavy atom. The van der Waals surface area contributed by atoms with E-state index in [0.717, 1.165) is 29.0 Å². The maximum absolute atomic E-state index is 13.3. The second-order valence-electron chi connectivity index (χ2n) is 9.36. The van der Waals surface area contributed by atoms with Crippen LogP contribution in [0, 0.1) is 12.3 Å². The number of carbonyl (C=O) groups excluding carboxylic acids is 1. The van der Waals surface area contributed by atoms with Crippen molar-refractivity contribution >= 4 is 35.1 Å². The maximum atomic E-state index is 13.3. The fourth-order valence-electron chi connectivity index (χ4n) is 4.59. The minimum atomic E-state index is -0.329. The molecule has 0 saturated carbocycles. The topological polar surface area (TPSA) is 59.8 Å². The molecule has 164 valence electrons. The van der Waals surface area contributed by atoms with Gasteiger partial charge in [0.15, 0.2) is 5.78 Å². The first-order valence-electron chi connectivity index (χ1n) is 10.7. The van der Waals surface area contributed by atoms with Crippen LogP contribution in [0.2, 0.25) is 5.02 Å². The molecule has 2 aliphatic rings. The van der Waals surface area contributed by atoms with E-state index in [1.807, 2.05) is 28.9 Å². The summed E-state index contributed by atoms with van der Waals surface area (Å²) in [6.07, 6.45) is 1.31. The van der Waals surface area contributed by atoms with Crippen molar-refractivity contribution in [2.24, 2.45) is 5.41 Å². The number of anilines is 1. The Labute approximate surface area is 197 Å². The number of hydrogen-bond donors (Lipinski definition) is 1. The molecule has 0 radical (unpaired) electrons. The van der Waals surface area contributed by atoms with Crippen LogP contribution in [0.1, 0.15) is 49.4 Å². The summed E-state index contributed by atoms with van der Waals surface area (Å²) in [6, 6.07) is 15.8. The number of rotatable bonds is 4. The number of nitrogens with one attached hydrogen (secondary N) is 1. The van der Waals surface area contributed by atoms with Crippen LogP contribution in [0.15, 0.2) is 65.0 Å². The molecule has 0 bridgehead atoms. The van der Waals surface area contributed by atoms with Crippen LogP contribution in [0.4, 0.5) is 5.95 Å². The van der Waals surface area contributed by atoms with E-state index in [1.165, 1.54) is 11.1 Å². The van der Waals surface area contributed by atoms with Crippen molar-refractivity contribution in [1.82, 2.24) is 14.8 Å². The monoisotopic (exact) mass is 464 g/mol. The van der Waals surface area contributed by atoms with Gasteiger partial charge in [-0.25, -0.2) is 4.68 Å². The fourth-order valence-corrected chi connectivity index (χ4v) is 5.56. The molecule has 7 heteroatoms. The lowest BCUT2D eigenvalue weighted by Gasteiger charge is -2.38. The molecule has 5 nitrogen and oxygen atoms in total. The number of allylic oxidation sites excluding steroid dienone is 2. The quantitative estimate of drug-likeness (QED) is 0.466. The van der Waals surface area contributed by atoms with E-state index in [2.05, 4.69) is 50.4 Å². The van der Waals surface area contributed by atoms with Gasteiger partial charge in [0.2, 0.25) is 11.1 Å². The molecule has 0 amide bonds. The van der Waals surface area contributed by atoms with Crippen molar-refractivity contribution in [2.45, 2.75) is 50.6 Å². The predicted molar refractivity (Wildman–Crippen MR) is 129 cm³/mol. The van der Waals surface area contributed by atoms with E-state index < -0.39 is 0 Å². The van der Waals surface area contributed by atoms with Gasteiger partial charge in [0, 0.05) is 28.5 Å². The number of hydrogen-bond acceptors (Lipinski definition) is 5. The van der Waals surface area contributed by atoms with Crippen LogP contribution in [0.3, 0.4) is 0 Å². The van der Waals surface area contributed by atoms with Crippen molar-refractivity contribution in [3.8, 4) is 0 Å². The minimum Gasteiger partial charge on any atom is -0.328 e. The van der Waals surface area contributed by atoms with Gasteiger partial charge in [-0.3, -0.25) is 4.79 Å². The van der Waals surface area contributed by atoms with E-state index in [-0.39, 0.29) is 17.2 Å².